The van der Waals surface area contributed by atoms with Crippen LogP contribution in [0.2, 0.25) is 0 Å². The van der Waals surface area contributed by atoms with Crippen LogP contribution >= 0.6 is 0 Å². The third-order valence-corrected chi connectivity index (χ3v) is 6.61. The Labute approximate surface area is 208 Å². The first-order chi connectivity index (χ1) is 17.0. The van der Waals surface area contributed by atoms with Crippen LogP contribution < -0.4 is 10.1 Å². The molecule has 35 heavy (non-hydrogen) atoms. The highest BCUT2D eigenvalue weighted by molar-refractivity contribution is 5.81. The van der Waals surface area contributed by atoms with Crippen molar-refractivity contribution in [2.75, 3.05) is 6.54 Å². The maximum Gasteiger partial charge on any atom is 0.261 e. The van der Waals surface area contributed by atoms with Crippen LogP contribution in [0.15, 0.2) is 72.8 Å². The number of hydrogen-bond donors (Lipinski definition) is 1. The molecule has 0 radical (unpaired) electrons. The summed E-state index contributed by atoms with van der Waals surface area (Å²) >= 11 is 0. The number of nitrogens with one attached hydrogen (secondary N) is 1. The SMILES string of the molecule is CCC(=O)N1CCc2ccc(O[C@@H](CC)C(=O)NCc3ccccc3)cc2[C@@H]1c1ccc(C)cc1. The van der Waals surface area contributed by atoms with Crippen LogP contribution in [0.5, 0.6) is 5.75 Å². The zero-order valence-corrected chi connectivity index (χ0v) is 20.8. The molecule has 0 aliphatic carbocycles. The van der Waals surface area contributed by atoms with Gasteiger partial charge in [0.25, 0.3) is 5.91 Å². The summed E-state index contributed by atoms with van der Waals surface area (Å²) in [6, 6.07) is 24.1. The molecule has 3 aromatic carbocycles. The predicted molar refractivity (Wildman–Crippen MR) is 138 cm³/mol. The van der Waals surface area contributed by atoms with E-state index < -0.39 is 6.10 Å². The van der Waals surface area contributed by atoms with Crippen molar-refractivity contribution >= 4 is 11.8 Å². The average molecular weight is 471 g/mol. The molecule has 1 N–H and O–H groups in total. The Morgan fingerprint density at radius 1 is 1.03 bits per heavy atom. The summed E-state index contributed by atoms with van der Waals surface area (Å²) < 4.78 is 6.19. The van der Waals surface area contributed by atoms with E-state index in [4.69, 9.17) is 4.74 Å². The van der Waals surface area contributed by atoms with Gasteiger partial charge in [-0.2, -0.15) is 0 Å². The Hall–Kier alpha value is -3.60. The van der Waals surface area contributed by atoms with Crippen molar-refractivity contribution in [3.05, 3.63) is 101 Å². The Bertz CT molecular complexity index is 1160. The highest BCUT2D eigenvalue weighted by Gasteiger charge is 2.32. The van der Waals surface area contributed by atoms with Gasteiger partial charge in [-0.05, 0) is 54.2 Å². The first-order valence-electron chi connectivity index (χ1n) is 12.5. The molecule has 2 atom stereocenters. The van der Waals surface area contributed by atoms with E-state index in [1.807, 2.05) is 61.2 Å². The number of benzene rings is 3. The van der Waals surface area contributed by atoms with Gasteiger partial charge in [-0.1, -0.05) is 80.1 Å². The minimum Gasteiger partial charge on any atom is -0.481 e. The summed E-state index contributed by atoms with van der Waals surface area (Å²) in [6.45, 7) is 7.07. The number of carbonyl (C=O) groups excluding carboxylic acids is 2. The topological polar surface area (TPSA) is 58.6 Å². The molecule has 1 aliphatic rings. The molecule has 182 valence electrons. The molecule has 1 heterocycles. The van der Waals surface area contributed by atoms with E-state index in [2.05, 4.69) is 42.6 Å². The number of amides is 2. The molecule has 0 bridgehead atoms. The van der Waals surface area contributed by atoms with Crippen LogP contribution in [0.3, 0.4) is 0 Å². The Morgan fingerprint density at radius 3 is 2.46 bits per heavy atom. The summed E-state index contributed by atoms with van der Waals surface area (Å²) in [4.78, 5) is 27.7. The fourth-order valence-electron chi connectivity index (χ4n) is 4.63. The normalized spacial score (nSPS) is 15.7. The number of aryl methyl sites for hydroxylation is 1. The second-order valence-corrected chi connectivity index (χ2v) is 9.08. The van der Waals surface area contributed by atoms with Gasteiger partial charge in [-0.15, -0.1) is 0 Å². The lowest BCUT2D eigenvalue weighted by molar-refractivity contribution is -0.133. The molecular weight excluding hydrogens is 436 g/mol. The molecule has 5 heteroatoms. The van der Waals surface area contributed by atoms with Gasteiger partial charge in [0.1, 0.15) is 5.75 Å². The van der Waals surface area contributed by atoms with Crippen LogP contribution in [0, 0.1) is 6.92 Å². The highest BCUT2D eigenvalue weighted by atomic mass is 16.5. The van der Waals surface area contributed by atoms with Crippen molar-refractivity contribution in [1.82, 2.24) is 10.2 Å². The number of carbonyl (C=O) groups is 2. The quantitative estimate of drug-likeness (QED) is 0.483. The fraction of sp³-hybridized carbons (Fsp3) is 0.333. The molecule has 0 fully saturated rings. The summed E-state index contributed by atoms with van der Waals surface area (Å²) in [5.41, 5.74) is 5.60. The lowest BCUT2D eigenvalue weighted by Gasteiger charge is -2.38. The molecule has 0 unspecified atom stereocenters. The largest absolute Gasteiger partial charge is 0.481 e. The van der Waals surface area contributed by atoms with E-state index in [0.29, 0.717) is 31.7 Å². The minimum absolute atomic E-state index is 0.132. The summed E-state index contributed by atoms with van der Waals surface area (Å²) in [5.74, 6) is 0.652. The number of fused-ring (bicyclic) bond motifs is 1. The fourth-order valence-corrected chi connectivity index (χ4v) is 4.63. The monoisotopic (exact) mass is 470 g/mol. The Balaban J connectivity index is 1.58. The van der Waals surface area contributed by atoms with E-state index >= 15 is 0 Å². The van der Waals surface area contributed by atoms with Crippen molar-refractivity contribution in [2.45, 2.75) is 58.7 Å². The molecular formula is C30H34N2O3. The highest BCUT2D eigenvalue weighted by Crippen LogP contribution is 2.37. The second-order valence-electron chi connectivity index (χ2n) is 9.08. The van der Waals surface area contributed by atoms with Crippen LogP contribution in [-0.4, -0.2) is 29.4 Å². The van der Waals surface area contributed by atoms with Gasteiger partial charge < -0.3 is 15.0 Å². The van der Waals surface area contributed by atoms with Crippen LogP contribution in [0.25, 0.3) is 0 Å². The smallest absolute Gasteiger partial charge is 0.261 e. The van der Waals surface area contributed by atoms with Gasteiger partial charge in [0, 0.05) is 19.5 Å². The standard InChI is InChI=1S/C30H34N2O3/c1-4-27(30(34)31-20-22-9-7-6-8-10-22)35-25-16-15-23-17-18-32(28(33)5-2)29(26(23)19-25)24-13-11-21(3)12-14-24/h6-16,19,27,29H,4-5,17-18,20H2,1-3H3,(H,31,34)/t27-,29-/m0/s1. The molecule has 5 nitrogen and oxygen atoms in total. The van der Waals surface area contributed by atoms with Gasteiger partial charge in [0.2, 0.25) is 5.91 Å². The van der Waals surface area contributed by atoms with Crippen LogP contribution in [-0.2, 0) is 22.6 Å². The van der Waals surface area contributed by atoms with Gasteiger partial charge in [-0.25, -0.2) is 0 Å². The van der Waals surface area contributed by atoms with E-state index in [9.17, 15) is 9.59 Å². The molecule has 0 spiro atoms. The molecule has 3 aromatic rings. The lowest BCUT2D eigenvalue weighted by Crippen LogP contribution is -2.40. The second kappa shape index (κ2) is 11.2. The lowest BCUT2D eigenvalue weighted by atomic mass is 9.87. The zero-order chi connectivity index (χ0) is 24.8. The van der Waals surface area contributed by atoms with E-state index in [-0.39, 0.29) is 17.9 Å². The third kappa shape index (κ3) is 5.73. The first-order valence-corrected chi connectivity index (χ1v) is 12.5. The Morgan fingerprint density at radius 2 is 1.77 bits per heavy atom. The minimum atomic E-state index is -0.591. The molecule has 0 saturated carbocycles. The van der Waals surface area contributed by atoms with Crippen molar-refractivity contribution < 1.29 is 14.3 Å². The summed E-state index contributed by atoms with van der Waals surface area (Å²) in [5, 5.41) is 2.99. The first kappa shape index (κ1) is 24.5. The van der Waals surface area contributed by atoms with Crippen molar-refractivity contribution in [3.8, 4) is 5.75 Å². The van der Waals surface area contributed by atoms with Crippen molar-refractivity contribution in [3.63, 3.8) is 0 Å². The number of ether oxygens (including phenoxy) is 1. The van der Waals surface area contributed by atoms with Gasteiger partial charge >= 0.3 is 0 Å². The van der Waals surface area contributed by atoms with E-state index in [1.165, 1.54) is 11.1 Å². The van der Waals surface area contributed by atoms with Gasteiger partial charge in [0.15, 0.2) is 6.10 Å². The maximum atomic E-state index is 12.9. The van der Waals surface area contributed by atoms with Gasteiger partial charge in [-0.3, -0.25) is 9.59 Å². The van der Waals surface area contributed by atoms with Crippen molar-refractivity contribution in [2.24, 2.45) is 0 Å². The van der Waals surface area contributed by atoms with Crippen molar-refractivity contribution in [1.29, 1.82) is 0 Å². The molecule has 0 aromatic heterocycles. The predicted octanol–water partition coefficient (Wildman–Crippen LogP) is 5.35. The van der Waals surface area contributed by atoms with Gasteiger partial charge in [0.05, 0.1) is 6.04 Å². The summed E-state index contributed by atoms with van der Waals surface area (Å²) in [7, 11) is 0. The zero-order valence-electron chi connectivity index (χ0n) is 20.8. The van der Waals surface area contributed by atoms with Crippen LogP contribution in [0.4, 0.5) is 0 Å². The molecule has 2 amide bonds. The number of hydrogen-bond acceptors (Lipinski definition) is 3. The molecule has 4 rings (SSSR count). The van der Waals surface area contributed by atoms with E-state index in [1.54, 1.807) is 0 Å². The number of rotatable bonds is 8. The Kier molecular flexibility index (Phi) is 7.86. The average Bonchev–Trinajstić information content (AvgIpc) is 2.90. The van der Waals surface area contributed by atoms with Crippen LogP contribution in [0.1, 0.15) is 60.5 Å². The summed E-state index contributed by atoms with van der Waals surface area (Å²) in [6.07, 6.45) is 1.23. The number of nitrogens with zero attached hydrogens (tertiary/aromatic N) is 1. The van der Waals surface area contributed by atoms with E-state index in [0.717, 1.165) is 23.1 Å². The molecule has 1 aliphatic heterocycles. The maximum absolute atomic E-state index is 12.9. The third-order valence-electron chi connectivity index (χ3n) is 6.61. The molecule has 0 saturated heterocycles.